The van der Waals surface area contributed by atoms with Crippen LogP contribution in [0.5, 0.6) is 0 Å². The lowest BCUT2D eigenvalue weighted by atomic mass is 9.83. The van der Waals surface area contributed by atoms with Gasteiger partial charge in [-0.2, -0.15) is 0 Å². The Kier molecular flexibility index (Phi) is 4.53. The fraction of sp³-hybridized carbons (Fsp3) is 0.571. The Morgan fingerprint density at radius 1 is 1.39 bits per heavy atom. The molecule has 2 rings (SSSR count). The van der Waals surface area contributed by atoms with E-state index >= 15 is 0 Å². The van der Waals surface area contributed by atoms with Crippen molar-refractivity contribution in [2.45, 2.75) is 32.6 Å². The normalized spacial score (nSPS) is 23.6. The third-order valence-corrected chi connectivity index (χ3v) is 3.99. The van der Waals surface area contributed by atoms with Gasteiger partial charge in [-0.15, -0.1) is 0 Å². The molecule has 4 heteroatoms. The molecule has 0 saturated heterocycles. The molecule has 98 valence electrons. The number of anilines is 1. The molecular formula is C14H21N3S. The highest BCUT2D eigenvalue weighted by Gasteiger charge is 2.17. The Bertz CT molecular complexity index is 394. The van der Waals surface area contributed by atoms with E-state index in [9.17, 15) is 0 Å². The summed E-state index contributed by atoms with van der Waals surface area (Å²) in [5.41, 5.74) is 6.36. The Hall–Kier alpha value is -1.16. The summed E-state index contributed by atoms with van der Waals surface area (Å²) in [5.74, 6) is 2.61. The second kappa shape index (κ2) is 6.14. The number of aromatic nitrogens is 1. The lowest BCUT2D eigenvalue weighted by Crippen LogP contribution is -2.20. The molecule has 0 atom stereocenters. The van der Waals surface area contributed by atoms with Gasteiger partial charge in [0.2, 0.25) is 0 Å². The fourth-order valence-corrected chi connectivity index (χ4v) is 2.55. The lowest BCUT2D eigenvalue weighted by Gasteiger charge is -2.26. The van der Waals surface area contributed by atoms with Gasteiger partial charge in [0.15, 0.2) is 0 Å². The van der Waals surface area contributed by atoms with Crippen LogP contribution in [0.3, 0.4) is 0 Å². The van der Waals surface area contributed by atoms with Gasteiger partial charge in [-0.3, -0.25) is 0 Å². The lowest BCUT2D eigenvalue weighted by molar-refractivity contribution is 0.300. The topological polar surface area (TPSA) is 50.9 Å². The van der Waals surface area contributed by atoms with Crippen LogP contribution in [-0.4, -0.2) is 16.5 Å². The van der Waals surface area contributed by atoms with E-state index in [2.05, 4.69) is 17.2 Å². The highest BCUT2D eigenvalue weighted by molar-refractivity contribution is 7.80. The highest BCUT2D eigenvalue weighted by atomic mass is 32.1. The molecule has 3 N–H and O–H groups in total. The van der Waals surface area contributed by atoms with E-state index in [1.54, 1.807) is 6.20 Å². The summed E-state index contributed by atoms with van der Waals surface area (Å²) in [4.78, 5) is 4.72. The smallest absolute Gasteiger partial charge is 0.125 e. The molecule has 0 amide bonds. The van der Waals surface area contributed by atoms with Crippen molar-refractivity contribution < 1.29 is 0 Å². The van der Waals surface area contributed by atoms with Gasteiger partial charge in [0.25, 0.3) is 0 Å². The SMILES string of the molecule is CC1CCC(CNc2ccc(C(N)=S)cn2)CC1. The molecule has 3 nitrogen and oxygen atoms in total. The van der Waals surface area contributed by atoms with E-state index in [1.807, 2.05) is 12.1 Å². The number of nitrogens with two attached hydrogens (primary N) is 1. The first-order valence-corrected chi connectivity index (χ1v) is 7.05. The summed E-state index contributed by atoms with van der Waals surface area (Å²) in [6.07, 6.45) is 7.12. The van der Waals surface area contributed by atoms with Crippen LogP contribution in [0, 0.1) is 11.8 Å². The zero-order valence-electron chi connectivity index (χ0n) is 10.9. The van der Waals surface area contributed by atoms with Crippen LogP contribution in [0.1, 0.15) is 38.2 Å². The predicted molar refractivity (Wildman–Crippen MR) is 79.7 cm³/mol. The minimum Gasteiger partial charge on any atom is -0.389 e. The standard InChI is InChI=1S/C14H21N3S/c1-10-2-4-11(5-3-10)8-16-13-7-6-12(9-17-13)14(15)18/h6-7,9-11H,2-5,8H2,1H3,(H2,15,18)(H,16,17). The molecule has 1 aliphatic carbocycles. The van der Waals surface area contributed by atoms with Crippen molar-refractivity contribution in [3.63, 3.8) is 0 Å². The minimum absolute atomic E-state index is 0.398. The molecule has 18 heavy (non-hydrogen) atoms. The number of nitrogens with one attached hydrogen (secondary N) is 1. The summed E-state index contributed by atoms with van der Waals surface area (Å²) in [6.45, 7) is 3.37. The quantitative estimate of drug-likeness (QED) is 0.820. The van der Waals surface area contributed by atoms with Gasteiger partial charge in [0.1, 0.15) is 10.8 Å². The van der Waals surface area contributed by atoms with Crippen LogP contribution in [0.4, 0.5) is 5.82 Å². The van der Waals surface area contributed by atoms with Crippen LogP contribution in [0.15, 0.2) is 18.3 Å². The number of hydrogen-bond donors (Lipinski definition) is 2. The third-order valence-electron chi connectivity index (χ3n) is 3.76. The first-order valence-electron chi connectivity index (χ1n) is 6.65. The van der Waals surface area contributed by atoms with Crippen molar-refractivity contribution in [2.75, 3.05) is 11.9 Å². The molecule has 1 fully saturated rings. The van der Waals surface area contributed by atoms with Crippen LogP contribution >= 0.6 is 12.2 Å². The molecule has 1 saturated carbocycles. The second-order valence-electron chi connectivity index (χ2n) is 5.30. The van der Waals surface area contributed by atoms with Gasteiger partial charge in [-0.1, -0.05) is 32.0 Å². The van der Waals surface area contributed by atoms with Gasteiger partial charge in [-0.25, -0.2) is 4.98 Å². The molecule has 1 heterocycles. The number of rotatable bonds is 4. The molecule has 1 aliphatic rings. The monoisotopic (exact) mass is 263 g/mol. The number of nitrogens with zero attached hydrogens (tertiary/aromatic N) is 1. The van der Waals surface area contributed by atoms with Crippen molar-refractivity contribution in [1.82, 2.24) is 4.98 Å². The third kappa shape index (κ3) is 3.67. The number of hydrogen-bond acceptors (Lipinski definition) is 3. The first kappa shape index (κ1) is 13.3. The number of pyridine rings is 1. The second-order valence-corrected chi connectivity index (χ2v) is 5.74. The van der Waals surface area contributed by atoms with E-state index in [0.29, 0.717) is 4.99 Å². The zero-order chi connectivity index (χ0) is 13.0. The van der Waals surface area contributed by atoms with Crippen molar-refractivity contribution in [2.24, 2.45) is 17.6 Å². The van der Waals surface area contributed by atoms with Crippen LogP contribution in [0.25, 0.3) is 0 Å². The van der Waals surface area contributed by atoms with Crippen molar-refractivity contribution in [3.05, 3.63) is 23.9 Å². The average molecular weight is 263 g/mol. The average Bonchev–Trinajstić information content (AvgIpc) is 2.38. The van der Waals surface area contributed by atoms with Gasteiger partial charge < -0.3 is 11.1 Å². The predicted octanol–water partition coefficient (Wildman–Crippen LogP) is 2.95. The van der Waals surface area contributed by atoms with E-state index in [-0.39, 0.29) is 0 Å². The summed E-state index contributed by atoms with van der Waals surface area (Å²) in [6, 6.07) is 3.86. The molecule has 0 aromatic carbocycles. The Morgan fingerprint density at radius 3 is 2.67 bits per heavy atom. The summed E-state index contributed by atoms with van der Waals surface area (Å²) >= 11 is 4.90. The molecule has 0 aliphatic heterocycles. The van der Waals surface area contributed by atoms with E-state index in [0.717, 1.165) is 29.8 Å². The fourth-order valence-electron chi connectivity index (χ4n) is 2.43. The molecule has 0 radical (unpaired) electrons. The summed E-state index contributed by atoms with van der Waals surface area (Å²) < 4.78 is 0. The van der Waals surface area contributed by atoms with Crippen LogP contribution in [0.2, 0.25) is 0 Å². The Balaban J connectivity index is 1.81. The maximum atomic E-state index is 5.54. The molecule has 0 bridgehead atoms. The van der Waals surface area contributed by atoms with E-state index in [1.165, 1.54) is 25.7 Å². The Labute approximate surface area is 114 Å². The van der Waals surface area contributed by atoms with Gasteiger partial charge in [0, 0.05) is 18.3 Å². The van der Waals surface area contributed by atoms with Crippen LogP contribution in [-0.2, 0) is 0 Å². The first-order chi connectivity index (χ1) is 8.65. The molecule has 1 aromatic rings. The molecular weight excluding hydrogens is 242 g/mol. The minimum atomic E-state index is 0.398. The van der Waals surface area contributed by atoms with E-state index < -0.39 is 0 Å². The zero-order valence-corrected chi connectivity index (χ0v) is 11.7. The van der Waals surface area contributed by atoms with Crippen molar-refractivity contribution in [1.29, 1.82) is 0 Å². The maximum Gasteiger partial charge on any atom is 0.125 e. The van der Waals surface area contributed by atoms with Crippen molar-refractivity contribution in [3.8, 4) is 0 Å². The van der Waals surface area contributed by atoms with Gasteiger partial charge in [-0.05, 0) is 36.8 Å². The van der Waals surface area contributed by atoms with Crippen molar-refractivity contribution >= 4 is 23.0 Å². The molecule has 1 aromatic heterocycles. The van der Waals surface area contributed by atoms with Gasteiger partial charge >= 0.3 is 0 Å². The molecule has 0 spiro atoms. The van der Waals surface area contributed by atoms with Gasteiger partial charge in [0.05, 0.1) is 0 Å². The van der Waals surface area contributed by atoms with E-state index in [4.69, 9.17) is 18.0 Å². The summed E-state index contributed by atoms with van der Waals surface area (Å²) in [5, 5.41) is 3.40. The highest BCUT2D eigenvalue weighted by Crippen LogP contribution is 2.28. The largest absolute Gasteiger partial charge is 0.389 e. The summed E-state index contributed by atoms with van der Waals surface area (Å²) in [7, 11) is 0. The number of thiocarbonyl (C=S) groups is 1. The maximum absolute atomic E-state index is 5.54. The van der Waals surface area contributed by atoms with Crippen LogP contribution < -0.4 is 11.1 Å². The Morgan fingerprint density at radius 2 is 2.11 bits per heavy atom. The molecule has 0 unspecified atom stereocenters.